The largest absolute Gasteiger partial charge is 0.454 e. The summed E-state index contributed by atoms with van der Waals surface area (Å²) in [6, 6.07) is 10.0. The lowest BCUT2D eigenvalue weighted by Gasteiger charge is -2.11. The number of pyridine rings is 1. The first-order valence-corrected chi connectivity index (χ1v) is 9.28. The highest BCUT2D eigenvalue weighted by Crippen LogP contribution is 2.27. The van der Waals surface area contributed by atoms with Gasteiger partial charge in [-0.25, -0.2) is 23.4 Å². The zero-order valence-electron chi connectivity index (χ0n) is 16.6. The highest BCUT2D eigenvalue weighted by Gasteiger charge is 2.12. The van der Waals surface area contributed by atoms with Crippen molar-refractivity contribution in [2.45, 2.75) is 0 Å². The molecule has 0 bridgehead atoms. The SMILES string of the molecule is O=C(NC(=O)Nc1ccc(Oc2ccnc(-n3cnnn3)c2)c(F)c1)Nc1cccc(F)c1. The van der Waals surface area contributed by atoms with E-state index in [4.69, 9.17) is 4.74 Å². The van der Waals surface area contributed by atoms with Gasteiger partial charge in [0.25, 0.3) is 0 Å². The Labute approximate surface area is 184 Å². The fraction of sp³-hybridized carbons (Fsp3) is 0. The van der Waals surface area contributed by atoms with Crippen LogP contribution in [0.1, 0.15) is 0 Å². The summed E-state index contributed by atoms with van der Waals surface area (Å²) in [6.07, 6.45) is 2.79. The number of tetrazole rings is 1. The van der Waals surface area contributed by atoms with Crippen molar-refractivity contribution in [2.75, 3.05) is 10.6 Å². The summed E-state index contributed by atoms with van der Waals surface area (Å²) in [5.74, 6) is -0.781. The molecule has 0 aliphatic rings. The number of carbonyl (C=O) groups excluding carboxylic acids is 2. The summed E-state index contributed by atoms with van der Waals surface area (Å²) in [5, 5.41) is 17.3. The van der Waals surface area contributed by atoms with E-state index in [-0.39, 0.29) is 22.9 Å². The Hall–Kier alpha value is -4.94. The number of hydrogen-bond acceptors (Lipinski definition) is 7. The van der Waals surface area contributed by atoms with Gasteiger partial charge in [-0.15, -0.1) is 5.10 Å². The van der Waals surface area contributed by atoms with Gasteiger partial charge in [0.15, 0.2) is 17.4 Å². The molecule has 33 heavy (non-hydrogen) atoms. The number of nitrogens with zero attached hydrogens (tertiary/aromatic N) is 5. The number of nitrogens with one attached hydrogen (secondary N) is 3. The highest BCUT2D eigenvalue weighted by molar-refractivity contribution is 6.05. The van der Waals surface area contributed by atoms with E-state index in [0.717, 1.165) is 12.1 Å². The predicted octanol–water partition coefficient (Wildman–Crippen LogP) is 3.48. The van der Waals surface area contributed by atoms with E-state index < -0.39 is 23.7 Å². The van der Waals surface area contributed by atoms with E-state index in [1.54, 1.807) is 0 Å². The molecule has 0 spiro atoms. The first kappa shape index (κ1) is 21.3. The first-order valence-electron chi connectivity index (χ1n) is 9.28. The maximum absolute atomic E-state index is 14.5. The van der Waals surface area contributed by atoms with Crippen LogP contribution >= 0.6 is 0 Å². The Bertz CT molecular complexity index is 1300. The fourth-order valence-electron chi connectivity index (χ4n) is 2.64. The van der Waals surface area contributed by atoms with Crippen LogP contribution in [-0.2, 0) is 0 Å². The molecule has 13 heteroatoms. The molecule has 4 aromatic rings. The molecule has 2 heterocycles. The molecule has 2 aromatic carbocycles. The fourth-order valence-corrected chi connectivity index (χ4v) is 2.64. The van der Waals surface area contributed by atoms with Gasteiger partial charge < -0.3 is 15.4 Å². The number of carbonyl (C=O) groups is 2. The van der Waals surface area contributed by atoms with Crippen LogP contribution in [0.5, 0.6) is 11.5 Å². The quantitative estimate of drug-likeness (QED) is 0.422. The van der Waals surface area contributed by atoms with Gasteiger partial charge in [0.05, 0.1) is 0 Å². The minimum Gasteiger partial charge on any atom is -0.454 e. The number of benzene rings is 2. The second-order valence-electron chi connectivity index (χ2n) is 6.39. The monoisotopic (exact) mass is 452 g/mol. The Morgan fingerprint density at radius 3 is 2.42 bits per heavy atom. The zero-order valence-corrected chi connectivity index (χ0v) is 16.6. The number of aromatic nitrogens is 5. The topological polar surface area (TPSA) is 136 Å². The zero-order chi connectivity index (χ0) is 23.2. The number of ether oxygens (including phenoxy) is 1. The third kappa shape index (κ3) is 5.61. The van der Waals surface area contributed by atoms with Crippen molar-refractivity contribution in [2.24, 2.45) is 0 Å². The van der Waals surface area contributed by atoms with E-state index in [1.165, 1.54) is 59.7 Å². The van der Waals surface area contributed by atoms with Crippen molar-refractivity contribution in [3.8, 4) is 17.3 Å². The Morgan fingerprint density at radius 1 is 0.939 bits per heavy atom. The van der Waals surface area contributed by atoms with Gasteiger partial charge in [-0.05, 0) is 46.8 Å². The molecule has 0 aliphatic carbocycles. The maximum atomic E-state index is 14.5. The number of urea groups is 2. The molecule has 4 amide bonds. The van der Waals surface area contributed by atoms with E-state index in [9.17, 15) is 18.4 Å². The van der Waals surface area contributed by atoms with Crippen LogP contribution in [0.15, 0.2) is 67.1 Å². The van der Waals surface area contributed by atoms with Crippen molar-refractivity contribution in [1.82, 2.24) is 30.5 Å². The molecule has 4 rings (SSSR count). The molecule has 0 aliphatic heterocycles. The number of hydrogen-bond donors (Lipinski definition) is 3. The van der Waals surface area contributed by atoms with Crippen molar-refractivity contribution < 1.29 is 23.1 Å². The van der Waals surface area contributed by atoms with Crippen LogP contribution in [0.2, 0.25) is 0 Å². The molecule has 0 saturated carbocycles. The molecule has 2 aromatic heterocycles. The molecular formula is C20H14F2N8O3. The summed E-state index contributed by atoms with van der Waals surface area (Å²) < 4.78 is 34.5. The summed E-state index contributed by atoms with van der Waals surface area (Å²) in [7, 11) is 0. The van der Waals surface area contributed by atoms with Gasteiger partial charge in [0.2, 0.25) is 0 Å². The smallest absolute Gasteiger partial charge is 0.327 e. The van der Waals surface area contributed by atoms with E-state index >= 15 is 0 Å². The second-order valence-corrected chi connectivity index (χ2v) is 6.39. The lowest BCUT2D eigenvalue weighted by Crippen LogP contribution is -2.37. The van der Waals surface area contributed by atoms with Gasteiger partial charge in [-0.3, -0.25) is 5.32 Å². The number of imide groups is 1. The molecule has 11 nitrogen and oxygen atoms in total. The summed E-state index contributed by atoms with van der Waals surface area (Å²) >= 11 is 0. The molecule has 0 unspecified atom stereocenters. The second kappa shape index (κ2) is 9.47. The van der Waals surface area contributed by atoms with Gasteiger partial charge in [0.1, 0.15) is 17.9 Å². The van der Waals surface area contributed by atoms with Gasteiger partial charge in [-0.1, -0.05) is 6.07 Å². The highest BCUT2D eigenvalue weighted by atomic mass is 19.1. The number of amides is 4. The Balaban J connectivity index is 1.36. The average molecular weight is 452 g/mol. The lowest BCUT2D eigenvalue weighted by atomic mass is 10.3. The lowest BCUT2D eigenvalue weighted by molar-refractivity contribution is 0.240. The minimum absolute atomic E-state index is 0.0695. The molecule has 166 valence electrons. The third-order valence-electron chi connectivity index (χ3n) is 4.03. The van der Waals surface area contributed by atoms with Crippen molar-refractivity contribution in [1.29, 1.82) is 0 Å². The first-order chi connectivity index (χ1) is 16.0. The molecule has 0 saturated heterocycles. The number of anilines is 2. The summed E-state index contributed by atoms with van der Waals surface area (Å²) in [6.45, 7) is 0. The normalized spacial score (nSPS) is 10.4. The summed E-state index contributed by atoms with van der Waals surface area (Å²) in [4.78, 5) is 27.9. The molecule has 3 N–H and O–H groups in total. The van der Waals surface area contributed by atoms with Crippen LogP contribution in [0.3, 0.4) is 0 Å². The van der Waals surface area contributed by atoms with Crippen LogP contribution < -0.4 is 20.7 Å². The standard InChI is InChI=1S/C20H14F2N8O3/c21-12-2-1-3-13(8-12)25-19(31)27-20(32)26-14-4-5-17(16(22)9-14)33-15-6-7-23-18(10-15)30-11-24-28-29-30/h1-11H,(H3,25,26,27,31,32). The van der Waals surface area contributed by atoms with Gasteiger partial charge in [0, 0.05) is 29.7 Å². The van der Waals surface area contributed by atoms with Crippen LogP contribution in [0.25, 0.3) is 5.82 Å². The van der Waals surface area contributed by atoms with Crippen molar-refractivity contribution >= 4 is 23.4 Å². The third-order valence-corrected chi connectivity index (χ3v) is 4.03. The minimum atomic E-state index is -0.919. The maximum Gasteiger partial charge on any atom is 0.327 e. The predicted molar refractivity (Wildman–Crippen MR) is 111 cm³/mol. The molecule has 0 atom stereocenters. The number of rotatable bonds is 5. The Morgan fingerprint density at radius 2 is 1.73 bits per heavy atom. The molecule has 0 radical (unpaired) electrons. The van der Waals surface area contributed by atoms with E-state index in [0.29, 0.717) is 5.82 Å². The molecule has 0 fully saturated rings. The van der Waals surface area contributed by atoms with Gasteiger partial charge >= 0.3 is 12.1 Å². The van der Waals surface area contributed by atoms with E-state index in [2.05, 4.69) is 31.1 Å². The van der Waals surface area contributed by atoms with Gasteiger partial charge in [-0.2, -0.15) is 4.68 Å². The van der Waals surface area contributed by atoms with Crippen LogP contribution in [0, 0.1) is 11.6 Å². The summed E-state index contributed by atoms with van der Waals surface area (Å²) in [5.41, 5.74) is 0.229. The van der Waals surface area contributed by atoms with Crippen LogP contribution in [-0.4, -0.2) is 37.3 Å². The van der Waals surface area contributed by atoms with Crippen LogP contribution in [0.4, 0.5) is 29.7 Å². The van der Waals surface area contributed by atoms with Crippen molar-refractivity contribution in [3.05, 3.63) is 78.8 Å². The average Bonchev–Trinajstić information content (AvgIpc) is 3.31. The molecular weight excluding hydrogens is 438 g/mol. The van der Waals surface area contributed by atoms with E-state index in [1.807, 2.05) is 5.32 Å². The van der Waals surface area contributed by atoms with Crippen molar-refractivity contribution in [3.63, 3.8) is 0 Å². The number of halogens is 2. The Kier molecular flexibility index (Phi) is 6.11.